The molecule has 2 aromatic rings. The summed E-state index contributed by atoms with van der Waals surface area (Å²) in [7, 11) is -1.91. The van der Waals surface area contributed by atoms with Crippen LogP contribution in [0.4, 0.5) is 0 Å². The van der Waals surface area contributed by atoms with Crippen LogP contribution in [0.25, 0.3) is 0 Å². The fraction of sp³-hybridized carbons (Fsp3) is 0.429. The first-order valence-corrected chi connectivity index (χ1v) is 8.44. The molecule has 2 aromatic heterocycles. The van der Waals surface area contributed by atoms with Crippen molar-refractivity contribution in [1.29, 1.82) is 0 Å². The van der Waals surface area contributed by atoms with E-state index in [9.17, 15) is 8.42 Å². The Hall–Kier alpha value is -1.77. The predicted molar refractivity (Wildman–Crippen MR) is 79.7 cm³/mol. The number of rotatable bonds is 5. The Morgan fingerprint density at radius 1 is 1.32 bits per heavy atom. The highest BCUT2D eigenvalue weighted by atomic mass is 32.2. The smallest absolute Gasteiger partial charge is 0.260 e. The quantitative estimate of drug-likeness (QED) is 0.882. The summed E-state index contributed by atoms with van der Waals surface area (Å²) < 4.78 is 32.0. The molecule has 0 radical (unpaired) electrons. The van der Waals surface area contributed by atoms with E-state index in [0.717, 1.165) is 5.56 Å². The molecule has 0 unspecified atom stereocenters. The minimum Gasteiger partial charge on any atom is -0.384 e. The molecule has 0 saturated carbocycles. The average Bonchev–Trinajstić information content (AvgIpc) is 3.19. The third-order valence-corrected chi connectivity index (χ3v) is 5.77. The Morgan fingerprint density at radius 3 is 2.73 bits per heavy atom. The maximum atomic E-state index is 12.6. The molecule has 22 heavy (non-hydrogen) atoms. The molecule has 0 aliphatic carbocycles. The number of H-pyrrole nitrogens is 1. The van der Waals surface area contributed by atoms with Crippen LogP contribution in [-0.2, 0) is 14.8 Å². The van der Waals surface area contributed by atoms with Gasteiger partial charge in [-0.25, -0.2) is 13.4 Å². The Bertz CT molecular complexity index is 703. The largest absolute Gasteiger partial charge is 0.384 e. The van der Waals surface area contributed by atoms with Gasteiger partial charge in [-0.05, 0) is 17.7 Å². The van der Waals surface area contributed by atoms with Crippen molar-refractivity contribution in [3.8, 4) is 0 Å². The molecule has 1 aliphatic heterocycles. The first kappa shape index (κ1) is 15.1. The molecule has 1 fully saturated rings. The number of ether oxygens (including phenoxy) is 1. The van der Waals surface area contributed by atoms with Crippen molar-refractivity contribution in [2.24, 2.45) is 5.92 Å². The predicted octanol–water partition coefficient (Wildman–Crippen LogP) is 0.855. The minimum absolute atomic E-state index is 0.0978. The number of aromatic nitrogens is 3. The van der Waals surface area contributed by atoms with E-state index in [4.69, 9.17) is 4.74 Å². The lowest BCUT2D eigenvalue weighted by molar-refractivity contribution is 0.151. The van der Waals surface area contributed by atoms with Crippen molar-refractivity contribution < 1.29 is 13.2 Å². The normalized spacial score (nSPS) is 23.0. The summed E-state index contributed by atoms with van der Waals surface area (Å²) in [5.74, 6) is 0.214. The highest BCUT2D eigenvalue weighted by Gasteiger charge is 2.40. The fourth-order valence-electron chi connectivity index (χ4n) is 2.92. The lowest BCUT2D eigenvalue weighted by Gasteiger charge is -2.17. The van der Waals surface area contributed by atoms with E-state index in [2.05, 4.69) is 15.0 Å². The van der Waals surface area contributed by atoms with E-state index in [1.807, 2.05) is 12.1 Å². The van der Waals surface area contributed by atoms with E-state index >= 15 is 0 Å². The summed E-state index contributed by atoms with van der Waals surface area (Å²) in [6, 6.07) is 3.86. The van der Waals surface area contributed by atoms with Gasteiger partial charge in [-0.2, -0.15) is 4.31 Å². The summed E-state index contributed by atoms with van der Waals surface area (Å²) in [5, 5.41) is 0.124. The Kier molecular flexibility index (Phi) is 4.23. The van der Waals surface area contributed by atoms with E-state index in [0.29, 0.717) is 19.7 Å². The van der Waals surface area contributed by atoms with Gasteiger partial charge in [-0.1, -0.05) is 0 Å². The van der Waals surface area contributed by atoms with Crippen LogP contribution in [0.3, 0.4) is 0 Å². The number of hydrogen-bond donors (Lipinski definition) is 1. The van der Waals surface area contributed by atoms with Gasteiger partial charge in [0.2, 0.25) is 0 Å². The highest BCUT2D eigenvalue weighted by molar-refractivity contribution is 7.89. The van der Waals surface area contributed by atoms with Crippen LogP contribution >= 0.6 is 0 Å². The van der Waals surface area contributed by atoms with Gasteiger partial charge in [0.05, 0.1) is 19.1 Å². The molecule has 3 rings (SSSR count). The molecule has 0 bridgehead atoms. The lowest BCUT2D eigenvalue weighted by Crippen LogP contribution is -2.29. The summed E-state index contributed by atoms with van der Waals surface area (Å²) in [6.45, 7) is 1.38. The maximum Gasteiger partial charge on any atom is 0.260 e. The minimum atomic E-state index is -3.54. The molecule has 1 aliphatic rings. The van der Waals surface area contributed by atoms with Crippen LogP contribution in [0.1, 0.15) is 11.5 Å². The highest BCUT2D eigenvalue weighted by Crippen LogP contribution is 2.35. The monoisotopic (exact) mass is 322 g/mol. The molecule has 1 N–H and O–H groups in total. The number of methoxy groups -OCH3 is 1. The average molecular weight is 322 g/mol. The van der Waals surface area contributed by atoms with E-state index < -0.39 is 10.0 Å². The van der Waals surface area contributed by atoms with Gasteiger partial charge in [0.15, 0.2) is 5.03 Å². The summed E-state index contributed by atoms with van der Waals surface area (Å²) in [6.07, 6.45) is 6.16. The second kappa shape index (κ2) is 6.15. The van der Waals surface area contributed by atoms with Crippen molar-refractivity contribution in [3.05, 3.63) is 42.6 Å². The first-order chi connectivity index (χ1) is 10.6. The number of aromatic amines is 1. The molecule has 7 nitrogen and oxygen atoms in total. The molecule has 0 aromatic carbocycles. The van der Waals surface area contributed by atoms with Gasteiger partial charge in [0, 0.05) is 44.4 Å². The zero-order valence-electron chi connectivity index (χ0n) is 12.2. The van der Waals surface area contributed by atoms with Gasteiger partial charge in [-0.3, -0.25) is 4.98 Å². The van der Waals surface area contributed by atoms with Crippen LogP contribution in [0.15, 0.2) is 42.1 Å². The number of hydrogen-bond acceptors (Lipinski definition) is 5. The zero-order valence-corrected chi connectivity index (χ0v) is 13.0. The molecular weight excluding hydrogens is 304 g/mol. The van der Waals surface area contributed by atoms with Crippen LogP contribution in [0, 0.1) is 5.92 Å². The van der Waals surface area contributed by atoms with E-state index in [1.54, 1.807) is 19.5 Å². The fourth-order valence-corrected chi connectivity index (χ4v) is 4.34. The van der Waals surface area contributed by atoms with Gasteiger partial charge in [-0.15, -0.1) is 0 Å². The van der Waals surface area contributed by atoms with Crippen molar-refractivity contribution in [2.45, 2.75) is 10.9 Å². The van der Waals surface area contributed by atoms with Crippen molar-refractivity contribution >= 4 is 10.0 Å². The molecule has 2 atom stereocenters. The third kappa shape index (κ3) is 2.77. The summed E-state index contributed by atoms with van der Waals surface area (Å²) >= 11 is 0. The Balaban J connectivity index is 1.88. The van der Waals surface area contributed by atoms with Gasteiger partial charge in [0.1, 0.15) is 0 Å². The van der Waals surface area contributed by atoms with Crippen LogP contribution in [-0.4, -0.2) is 54.5 Å². The van der Waals surface area contributed by atoms with Crippen molar-refractivity contribution in [1.82, 2.24) is 19.3 Å². The van der Waals surface area contributed by atoms with Gasteiger partial charge < -0.3 is 9.72 Å². The number of sulfonamides is 1. The van der Waals surface area contributed by atoms with Crippen molar-refractivity contribution in [2.75, 3.05) is 26.8 Å². The van der Waals surface area contributed by atoms with E-state index in [1.165, 1.54) is 16.8 Å². The summed E-state index contributed by atoms with van der Waals surface area (Å²) in [5.41, 5.74) is 1.08. The topological polar surface area (TPSA) is 88.2 Å². The summed E-state index contributed by atoms with van der Waals surface area (Å²) in [4.78, 5) is 10.5. The molecular formula is C14H18N4O3S. The molecule has 8 heteroatoms. The Labute approximate surface area is 129 Å². The zero-order chi connectivity index (χ0) is 15.6. The maximum absolute atomic E-state index is 12.6. The first-order valence-electron chi connectivity index (χ1n) is 7.00. The number of pyridine rings is 1. The molecule has 3 heterocycles. The van der Waals surface area contributed by atoms with Gasteiger partial charge >= 0.3 is 0 Å². The van der Waals surface area contributed by atoms with Crippen LogP contribution < -0.4 is 0 Å². The number of imidazole rings is 1. The molecule has 0 spiro atoms. The van der Waals surface area contributed by atoms with Gasteiger partial charge in [0.25, 0.3) is 10.0 Å². The number of nitrogens with zero attached hydrogens (tertiary/aromatic N) is 3. The molecule has 1 saturated heterocycles. The molecule has 0 amide bonds. The van der Waals surface area contributed by atoms with E-state index in [-0.39, 0.29) is 16.9 Å². The Morgan fingerprint density at radius 2 is 2.09 bits per heavy atom. The molecule has 118 valence electrons. The SMILES string of the molecule is COC[C@@H]1CN(S(=O)(=O)c2cnc[nH]2)C[C@H]1c1ccncc1. The second-order valence-electron chi connectivity index (χ2n) is 5.34. The number of nitrogens with one attached hydrogen (secondary N) is 1. The van der Waals surface area contributed by atoms with Crippen LogP contribution in [0.5, 0.6) is 0 Å². The van der Waals surface area contributed by atoms with Crippen LogP contribution in [0.2, 0.25) is 0 Å². The van der Waals surface area contributed by atoms with Crippen molar-refractivity contribution in [3.63, 3.8) is 0 Å². The second-order valence-corrected chi connectivity index (χ2v) is 7.25. The standard InChI is InChI=1S/C14H18N4O3S/c1-21-9-12-7-18(22(19,20)14-6-16-10-17-14)8-13(12)11-2-4-15-5-3-11/h2-6,10,12-13H,7-9H2,1H3,(H,16,17)/t12-,13-/m0/s1. The lowest BCUT2D eigenvalue weighted by atomic mass is 9.90. The third-order valence-electron chi connectivity index (χ3n) is 4.01.